The normalized spacial score (nSPS) is 20.9. The number of anilines is 1. The van der Waals surface area contributed by atoms with Crippen molar-refractivity contribution in [3.8, 4) is 0 Å². The number of halogens is 1. The van der Waals surface area contributed by atoms with Crippen LogP contribution >= 0.6 is 0 Å². The summed E-state index contributed by atoms with van der Waals surface area (Å²) in [7, 11) is 0. The number of hydrogen-bond donors (Lipinski definition) is 1. The SMILES string of the molecule is O=C1CC2(CCN(c3ccc(C(=O)O)cc3F)CC2)C1. The standard InChI is InChI=1S/C15H16FNO3/c16-12-7-10(14(19)20)1-2-13(12)17-5-3-15(4-6-17)8-11(18)9-15/h1-2,7H,3-6,8-9H2,(H,19,20). The van der Waals surface area contributed by atoms with Crippen LogP contribution in [0.1, 0.15) is 36.0 Å². The Morgan fingerprint density at radius 2 is 1.90 bits per heavy atom. The largest absolute Gasteiger partial charge is 0.478 e. The highest BCUT2D eigenvalue weighted by molar-refractivity contribution is 5.88. The molecule has 3 rings (SSSR count). The van der Waals surface area contributed by atoms with E-state index in [1.54, 1.807) is 0 Å². The van der Waals surface area contributed by atoms with Crippen LogP contribution in [0.3, 0.4) is 0 Å². The maximum absolute atomic E-state index is 14.0. The molecule has 20 heavy (non-hydrogen) atoms. The van der Waals surface area contributed by atoms with Crippen molar-refractivity contribution in [3.05, 3.63) is 29.6 Å². The number of carboxylic acids is 1. The van der Waals surface area contributed by atoms with Crippen LogP contribution in [0.5, 0.6) is 0 Å². The molecular weight excluding hydrogens is 261 g/mol. The zero-order valence-corrected chi connectivity index (χ0v) is 11.1. The molecule has 1 aliphatic carbocycles. The Bertz CT molecular complexity index is 566. The number of carbonyl (C=O) groups excluding carboxylic acids is 1. The summed E-state index contributed by atoms with van der Waals surface area (Å²) in [6.07, 6.45) is 3.14. The summed E-state index contributed by atoms with van der Waals surface area (Å²) < 4.78 is 14.0. The Labute approximate surface area is 116 Å². The van der Waals surface area contributed by atoms with Crippen LogP contribution in [0.25, 0.3) is 0 Å². The highest BCUT2D eigenvalue weighted by Gasteiger charge is 2.45. The number of carbonyl (C=O) groups is 2. The summed E-state index contributed by atoms with van der Waals surface area (Å²) in [6.45, 7) is 1.44. The molecule has 1 aromatic rings. The predicted octanol–water partition coefficient (Wildman–Crippen LogP) is 2.47. The minimum absolute atomic E-state index is 0.0377. The zero-order chi connectivity index (χ0) is 14.3. The van der Waals surface area contributed by atoms with Gasteiger partial charge in [-0.3, -0.25) is 4.79 Å². The molecule has 4 nitrogen and oxygen atoms in total. The fourth-order valence-corrected chi connectivity index (χ4v) is 3.26. The molecule has 1 aromatic carbocycles. The molecule has 0 atom stereocenters. The first-order valence-corrected chi connectivity index (χ1v) is 6.79. The van der Waals surface area contributed by atoms with Crippen LogP contribution in [0.2, 0.25) is 0 Å². The Kier molecular flexibility index (Phi) is 3.00. The van der Waals surface area contributed by atoms with Crippen LogP contribution in [0.4, 0.5) is 10.1 Å². The van der Waals surface area contributed by atoms with Crippen molar-refractivity contribution < 1.29 is 19.1 Å². The molecule has 1 saturated carbocycles. The van der Waals surface area contributed by atoms with Crippen LogP contribution < -0.4 is 4.90 Å². The quantitative estimate of drug-likeness (QED) is 0.902. The van der Waals surface area contributed by atoms with Crippen molar-refractivity contribution in [3.63, 3.8) is 0 Å². The van der Waals surface area contributed by atoms with Crippen LogP contribution in [-0.4, -0.2) is 29.9 Å². The number of aromatic carboxylic acids is 1. The zero-order valence-electron chi connectivity index (χ0n) is 11.1. The molecule has 106 valence electrons. The molecule has 0 unspecified atom stereocenters. The molecule has 2 fully saturated rings. The molecule has 0 amide bonds. The molecule has 1 spiro atoms. The number of hydrogen-bond acceptors (Lipinski definition) is 3. The lowest BCUT2D eigenvalue weighted by Gasteiger charge is -2.47. The fraction of sp³-hybridized carbons (Fsp3) is 0.467. The third-order valence-electron chi connectivity index (χ3n) is 4.50. The first kappa shape index (κ1) is 13.1. The molecule has 0 aromatic heterocycles. The molecular formula is C15H16FNO3. The van der Waals surface area contributed by atoms with Crippen molar-refractivity contribution in [1.82, 2.24) is 0 Å². The van der Waals surface area contributed by atoms with Crippen LogP contribution in [-0.2, 0) is 4.79 Å². The van der Waals surface area contributed by atoms with Gasteiger partial charge in [-0.05, 0) is 36.5 Å². The van der Waals surface area contributed by atoms with Gasteiger partial charge in [-0.2, -0.15) is 0 Å². The van der Waals surface area contributed by atoms with Gasteiger partial charge in [0, 0.05) is 25.9 Å². The molecule has 1 aliphatic heterocycles. The van der Waals surface area contributed by atoms with Crippen molar-refractivity contribution in [2.45, 2.75) is 25.7 Å². The van der Waals surface area contributed by atoms with E-state index in [-0.39, 0.29) is 11.0 Å². The third kappa shape index (κ3) is 2.17. The number of piperidine rings is 1. The average Bonchev–Trinajstić information content (AvgIpc) is 2.38. The van der Waals surface area contributed by atoms with Crippen LogP contribution in [0, 0.1) is 11.2 Å². The van der Waals surface area contributed by atoms with E-state index in [0.717, 1.165) is 32.0 Å². The smallest absolute Gasteiger partial charge is 0.335 e. The molecule has 1 N–H and O–H groups in total. The second-order valence-corrected chi connectivity index (χ2v) is 5.85. The number of benzene rings is 1. The minimum atomic E-state index is -1.12. The summed E-state index contributed by atoms with van der Waals surface area (Å²) in [5.74, 6) is -1.29. The Morgan fingerprint density at radius 3 is 2.40 bits per heavy atom. The first-order valence-electron chi connectivity index (χ1n) is 6.79. The van der Waals surface area contributed by atoms with Crippen LogP contribution in [0.15, 0.2) is 18.2 Å². The van der Waals surface area contributed by atoms with Gasteiger partial charge in [-0.15, -0.1) is 0 Å². The van der Waals surface area contributed by atoms with Gasteiger partial charge in [0.2, 0.25) is 0 Å². The third-order valence-corrected chi connectivity index (χ3v) is 4.50. The molecule has 0 bridgehead atoms. The monoisotopic (exact) mass is 277 g/mol. The van der Waals surface area contributed by atoms with Gasteiger partial charge >= 0.3 is 5.97 Å². The second kappa shape index (κ2) is 4.58. The van der Waals surface area contributed by atoms with Crippen molar-refractivity contribution >= 4 is 17.4 Å². The van der Waals surface area contributed by atoms with Crippen molar-refractivity contribution in [2.24, 2.45) is 5.41 Å². The van der Waals surface area contributed by atoms with Gasteiger partial charge in [0.25, 0.3) is 0 Å². The lowest BCUT2D eigenvalue weighted by Crippen LogP contribution is -2.47. The van der Waals surface area contributed by atoms with Gasteiger partial charge in [0.15, 0.2) is 0 Å². The second-order valence-electron chi connectivity index (χ2n) is 5.85. The van der Waals surface area contributed by atoms with E-state index in [2.05, 4.69) is 0 Å². The molecule has 0 radical (unpaired) electrons. The number of Topliss-reactive ketones (excluding diaryl/α,β-unsaturated/α-hetero) is 1. The number of nitrogens with zero attached hydrogens (tertiary/aromatic N) is 1. The topological polar surface area (TPSA) is 57.6 Å². The molecule has 1 heterocycles. The highest BCUT2D eigenvalue weighted by Crippen LogP contribution is 2.47. The van der Waals surface area contributed by atoms with Crippen molar-refractivity contribution in [2.75, 3.05) is 18.0 Å². The van der Waals surface area contributed by atoms with Gasteiger partial charge in [0.05, 0.1) is 11.3 Å². The predicted molar refractivity (Wildman–Crippen MR) is 71.5 cm³/mol. The van der Waals surface area contributed by atoms with Gasteiger partial charge in [-0.1, -0.05) is 0 Å². The van der Waals surface area contributed by atoms with E-state index in [1.165, 1.54) is 12.1 Å². The molecule has 1 saturated heterocycles. The average molecular weight is 277 g/mol. The van der Waals surface area contributed by atoms with E-state index in [9.17, 15) is 14.0 Å². The summed E-state index contributed by atoms with van der Waals surface area (Å²) in [4.78, 5) is 23.9. The van der Waals surface area contributed by atoms with E-state index in [0.29, 0.717) is 24.3 Å². The van der Waals surface area contributed by atoms with E-state index < -0.39 is 11.8 Å². The Hall–Kier alpha value is -1.91. The van der Waals surface area contributed by atoms with Gasteiger partial charge < -0.3 is 10.0 Å². The maximum Gasteiger partial charge on any atom is 0.335 e. The highest BCUT2D eigenvalue weighted by atomic mass is 19.1. The lowest BCUT2D eigenvalue weighted by atomic mass is 9.62. The lowest BCUT2D eigenvalue weighted by molar-refractivity contribution is -0.133. The summed E-state index contributed by atoms with van der Waals surface area (Å²) in [5, 5.41) is 8.83. The maximum atomic E-state index is 14.0. The number of rotatable bonds is 2. The van der Waals surface area contributed by atoms with Gasteiger partial charge in [-0.25, -0.2) is 9.18 Å². The van der Waals surface area contributed by atoms with Crippen molar-refractivity contribution in [1.29, 1.82) is 0 Å². The first-order chi connectivity index (χ1) is 9.49. The van der Waals surface area contributed by atoms with E-state index in [4.69, 9.17) is 5.11 Å². The van der Waals surface area contributed by atoms with Gasteiger partial charge in [0.1, 0.15) is 11.6 Å². The Morgan fingerprint density at radius 1 is 1.25 bits per heavy atom. The van der Waals surface area contributed by atoms with E-state index >= 15 is 0 Å². The Balaban J connectivity index is 1.72. The number of carboxylic acid groups (broad SMARTS) is 1. The summed E-state index contributed by atoms with van der Waals surface area (Å²) >= 11 is 0. The fourth-order valence-electron chi connectivity index (χ4n) is 3.26. The minimum Gasteiger partial charge on any atom is -0.478 e. The number of ketones is 1. The summed E-state index contributed by atoms with van der Waals surface area (Å²) in [6, 6.07) is 4.02. The molecule has 2 aliphatic rings. The van der Waals surface area contributed by atoms with E-state index in [1.807, 2.05) is 4.90 Å². The molecule has 5 heteroatoms. The summed E-state index contributed by atoms with van der Waals surface area (Å²) in [5.41, 5.74) is 0.574.